The number of aryl methyl sites for hydroxylation is 1. The molecule has 5 N–H and O–H groups in total. The first-order valence-electron chi connectivity index (χ1n) is 6.68. The molecular formula is C15H16FN5. The van der Waals surface area contributed by atoms with Crippen LogP contribution in [0.5, 0.6) is 0 Å². The quantitative estimate of drug-likeness (QED) is 0.799. The third-order valence-corrected chi connectivity index (χ3v) is 3.45. The van der Waals surface area contributed by atoms with Gasteiger partial charge in [-0.2, -0.15) is 0 Å². The van der Waals surface area contributed by atoms with Crippen molar-refractivity contribution >= 4 is 11.7 Å². The van der Waals surface area contributed by atoms with Gasteiger partial charge in [0.2, 0.25) is 0 Å². The lowest BCUT2D eigenvalue weighted by Crippen LogP contribution is -2.50. The van der Waals surface area contributed by atoms with Gasteiger partial charge in [0.25, 0.3) is 0 Å². The molecule has 1 aliphatic rings. The highest BCUT2D eigenvalue weighted by atomic mass is 19.1. The summed E-state index contributed by atoms with van der Waals surface area (Å²) in [6, 6.07) is 9.98. The number of hydrogen-bond acceptors (Lipinski definition) is 5. The van der Waals surface area contributed by atoms with Gasteiger partial charge in [-0.1, -0.05) is 12.1 Å². The third-order valence-electron chi connectivity index (χ3n) is 3.45. The zero-order chi connectivity index (χ0) is 14.9. The fraction of sp³-hybridized carbons (Fsp3) is 0.200. The molecule has 1 unspecified atom stereocenters. The largest absolute Gasteiger partial charge is 0.383 e. The predicted molar refractivity (Wildman–Crippen MR) is 80.2 cm³/mol. The molecule has 1 aromatic heterocycles. The van der Waals surface area contributed by atoms with Crippen molar-refractivity contribution in [1.29, 1.82) is 0 Å². The molecular weight excluding hydrogens is 269 g/mol. The summed E-state index contributed by atoms with van der Waals surface area (Å²) in [5.74, 6) is -0.248. The van der Waals surface area contributed by atoms with E-state index in [1.807, 2.05) is 6.07 Å². The summed E-state index contributed by atoms with van der Waals surface area (Å²) in [5.41, 5.74) is 13.9. The van der Waals surface area contributed by atoms with E-state index in [1.165, 1.54) is 12.1 Å². The van der Waals surface area contributed by atoms with Gasteiger partial charge in [0.1, 0.15) is 17.5 Å². The highest BCUT2D eigenvalue weighted by Gasteiger charge is 2.30. The number of anilines is 1. The second kappa shape index (κ2) is 5.14. The molecule has 0 radical (unpaired) electrons. The van der Waals surface area contributed by atoms with Crippen LogP contribution in [-0.2, 0) is 6.42 Å². The first-order valence-corrected chi connectivity index (χ1v) is 6.68. The molecule has 1 atom stereocenters. The van der Waals surface area contributed by atoms with Crippen molar-refractivity contribution in [3.05, 3.63) is 59.5 Å². The molecule has 108 valence electrons. The van der Waals surface area contributed by atoms with Crippen LogP contribution in [-0.4, -0.2) is 16.6 Å². The van der Waals surface area contributed by atoms with E-state index >= 15 is 0 Å². The van der Waals surface area contributed by atoms with Crippen molar-refractivity contribution in [2.24, 2.45) is 16.5 Å². The molecule has 0 saturated carbocycles. The fourth-order valence-electron chi connectivity index (χ4n) is 2.32. The molecule has 0 spiro atoms. The summed E-state index contributed by atoms with van der Waals surface area (Å²) in [6.45, 7) is 0. The maximum absolute atomic E-state index is 12.9. The zero-order valence-corrected chi connectivity index (χ0v) is 11.4. The van der Waals surface area contributed by atoms with Crippen LogP contribution in [0.25, 0.3) is 0 Å². The minimum absolute atomic E-state index is 0.252. The van der Waals surface area contributed by atoms with Gasteiger partial charge in [-0.05, 0) is 36.2 Å². The first kappa shape index (κ1) is 13.5. The number of nitrogens with one attached hydrogen (secondary N) is 1. The molecule has 21 heavy (non-hydrogen) atoms. The lowest BCUT2D eigenvalue weighted by atomic mass is 10.0. The summed E-state index contributed by atoms with van der Waals surface area (Å²) < 4.78 is 12.9. The number of nitrogens with two attached hydrogens (primary N) is 2. The van der Waals surface area contributed by atoms with E-state index < -0.39 is 5.79 Å². The van der Waals surface area contributed by atoms with E-state index in [9.17, 15) is 4.39 Å². The van der Waals surface area contributed by atoms with Crippen LogP contribution in [0.1, 0.15) is 17.5 Å². The van der Waals surface area contributed by atoms with Gasteiger partial charge in [-0.3, -0.25) is 5.73 Å². The minimum Gasteiger partial charge on any atom is -0.383 e. The maximum Gasteiger partial charge on any atom is 0.186 e. The van der Waals surface area contributed by atoms with Crippen molar-refractivity contribution in [3.8, 4) is 0 Å². The van der Waals surface area contributed by atoms with E-state index in [2.05, 4.69) is 15.3 Å². The molecule has 0 saturated heterocycles. The molecule has 5 nitrogen and oxygen atoms in total. The number of nitrogens with zero attached hydrogens (tertiary/aromatic N) is 2. The van der Waals surface area contributed by atoms with Gasteiger partial charge >= 0.3 is 0 Å². The van der Waals surface area contributed by atoms with Gasteiger partial charge in [0, 0.05) is 12.6 Å². The molecule has 2 aromatic rings. The number of fused-ring (bicyclic) bond motifs is 1. The molecule has 0 aliphatic carbocycles. The smallest absolute Gasteiger partial charge is 0.186 e. The summed E-state index contributed by atoms with van der Waals surface area (Å²) in [4.78, 5) is 8.57. The standard InChI is InChI=1S/C15H16FN5/c16-11-5-3-10(4-6-11)7-8-15(18)20-13(17)12-2-1-9-19-14(12)21-15/h1-6,9H,7-8,18H2,(H2,17,20)(H,19,21). The number of halogens is 1. The van der Waals surface area contributed by atoms with Gasteiger partial charge in [0.15, 0.2) is 5.79 Å². The number of aliphatic imine (C=N–C) groups is 1. The summed E-state index contributed by atoms with van der Waals surface area (Å²) >= 11 is 0. The highest BCUT2D eigenvalue weighted by molar-refractivity contribution is 6.03. The van der Waals surface area contributed by atoms with Crippen LogP contribution in [0, 0.1) is 5.82 Å². The minimum atomic E-state index is -1.00. The topological polar surface area (TPSA) is 89.3 Å². The van der Waals surface area contributed by atoms with Gasteiger partial charge in [-0.15, -0.1) is 0 Å². The number of pyridine rings is 1. The van der Waals surface area contributed by atoms with Crippen LogP contribution < -0.4 is 16.8 Å². The van der Waals surface area contributed by atoms with Crippen LogP contribution in [0.2, 0.25) is 0 Å². The molecule has 0 fully saturated rings. The molecule has 3 rings (SSSR count). The Balaban J connectivity index is 1.77. The molecule has 0 amide bonds. The lowest BCUT2D eigenvalue weighted by Gasteiger charge is -2.32. The Morgan fingerprint density at radius 1 is 1.19 bits per heavy atom. The van der Waals surface area contributed by atoms with E-state index in [4.69, 9.17) is 11.5 Å². The van der Waals surface area contributed by atoms with Crippen molar-refractivity contribution in [3.63, 3.8) is 0 Å². The van der Waals surface area contributed by atoms with E-state index in [0.29, 0.717) is 24.5 Å². The molecule has 2 heterocycles. The number of amidine groups is 1. The second-order valence-electron chi connectivity index (χ2n) is 5.07. The average molecular weight is 285 g/mol. The summed E-state index contributed by atoms with van der Waals surface area (Å²) in [5, 5.41) is 3.11. The van der Waals surface area contributed by atoms with Crippen LogP contribution in [0.4, 0.5) is 10.2 Å². The Hall–Kier alpha value is -2.47. The summed E-state index contributed by atoms with van der Waals surface area (Å²) in [6.07, 6.45) is 2.85. The molecule has 1 aliphatic heterocycles. The van der Waals surface area contributed by atoms with Crippen molar-refractivity contribution in [1.82, 2.24) is 4.98 Å². The van der Waals surface area contributed by atoms with Crippen molar-refractivity contribution in [2.45, 2.75) is 18.6 Å². The summed E-state index contributed by atoms with van der Waals surface area (Å²) in [7, 11) is 0. The van der Waals surface area contributed by atoms with Gasteiger partial charge < -0.3 is 11.1 Å². The average Bonchev–Trinajstić information content (AvgIpc) is 2.47. The van der Waals surface area contributed by atoms with E-state index in [0.717, 1.165) is 11.1 Å². The highest BCUT2D eigenvalue weighted by Crippen LogP contribution is 2.24. The Labute approximate surface area is 121 Å². The Morgan fingerprint density at radius 3 is 2.71 bits per heavy atom. The number of rotatable bonds is 3. The van der Waals surface area contributed by atoms with Crippen molar-refractivity contribution in [2.75, 3.05) is 5.32 Å². The Bertz CT molecular complexity index is 683. The van der Waals surface area contributed by atoms with Gasteiger partial charge in [0.05, 0.1) is 5.56 Å². The fourth-order valence-corrected chi connectivity index (χ4v) is 2.32. The SMILES string of the molecule is NC1=NC(N)(CCc2ccc(F)cc2)Nc2ncccc21. The van der Waals surface area contributed by atoms with Crippen molar-refractivity contribution < 1.29 is 4.39 Å². The Kier molecular flexibility index (Phi) is 3.31. The molecule has 0 bridgehead atoms. The molecule has 6 heteroatoms. The van der Waals surface area contributed by atoms with E-state index in [1.54, 1.807) is 24.4 Å². The van der Waals surface area contributed by atoms with E-state index in [-0.39, 0.29) is 5.82 Å². The third kappa shape index (κ3) is 2.85. The number of benzene rings is 1. The number of hydrogen-bond donors (Lipinski definition) is 3. The van der Waals surface area contributed by atoms with Crippen LogP contribution in [0.15, 0.2) is 47.6 Å². The molecule has 1 aromatic carbocycles. The maximum atomic E-state index is 12.9. The second-order valence-corrected chi connectivity index (χ2v) is 5.07. The van der Waals surface area contributed by atoms with Gasteiger partial charge in [-0.25, -0.2) is 14.4 Å². The monoisotopic (exact) mass is 285 g/mol. The lowest BCUT2D eigenvalue weighted by molar-refractivity contribution is 0.463. The van der Waals surface area contributed by atoms with Crippen LogP contribution in [0.3, 0.4) is 0 Å². The van der Waals surface area contributed by atoms with Crippen LogP contribution >= 0.6 is 0 Å². The number of aromatic nitrogens is 1. The zero-order valence-electron chi connectivity index (χ0n) is 11.4. The Morgan fingerprint density at radius 2 is 1.95 bits per heavy atom. The normalized spacial score (nSPS) is 20.4. The predicted octanol–water partition coefficient (Wildman–Crippen LogP) is 1.60. The first-order chi connectivity index (χ1) is 10.1.